The molecule has 1 unspecified atom stereocenters. The molecule has 0 spiro atoms. The van der Waals surface area contributed by atoms with Crippen LogP contribution in [0.4, 0.5) is 13.2 Å². The number of halogens is 3. The summed E-state index contributed by atoms with van der Waals surface area (Å²) in [4.78, 5) is 23.3. The van der Waals surface area contributed by atoms with Gasteiger partial charge in [-0.05, 0) is 37.1 Å². The highest BCUT2D eigenvalue weighted by molar-refractivity contribution is 7.89. The van der Waals surface area contributed by atoms with Crippen LogP contribution in [0.25, 0.3) is 0 Å². The summed E-state index contributed by atoms with van der Waals surface area (Å²) in [6.07, 6.45) is -4.67. The van der Waals surface area contributed by atoms with Crippen LogP contribution in [0.2, 0.25) is 0 Å². The van der Waals surface area contributed by atoms with Crippen molar-refractivity contribution in [2.24, 2.45) is 5.73 Å². The number of nitrogens with one attached hydrogen (secondary N) is 2. The molecule has 0 aromatic heterocycles. The van der Waals surface area contributed by atoms with Crippen molar-refractivity contribution in [3.8, 4) is 0 Å². The van der Waals surface area contributed by atoms with Gasteiger partial charge in [-0.15, -0.1) is 0 Å². The topological polar surface area (TPSA) is 154 Å². The Labute approximate surface area is 193 Å². The highest BCUT2D eigenvalue weighted by Gasteiger charge is 2.38. The van der Waals surface area contributed by atoms with E-state index in [2.05, 4.69) is 4.72 Å². The van der Waals surface area contributed by atoms with Crippen molar-refractivity contribution >= 4 is 27.7 Å². The number of nitrogens with two attached hydrogens (primary N) is 1. The predicted molar refractivity (Wildman–Crippen MR) is 116 cm³/mol. The van der Waals surface area contributed by atoms with E-state index in [9.17, 15) is 26.4 Å². The lowest BCUT2D eigenvalue weighted by Gasteiger charge is -2.18. The third kappa shape index (κ3) is 7.28. The summed E-state index contributed by atoms with van der Waals surface area (Å²) < 4.78 is 59.3. The zero-order valence-electron chi connectivity index (χ0n) is 18.0. The normalized spacial score (nSPS) is 16.1. The molecule has 1 saturated heterocycles. The van der Waals surface area contributed by atoms with Crippen LogP contribution in [0.1, 0.15) is 23.1 Å². The Hall–Kier alpha value is -3.45. The number of amidine groups is 1. The van der Waals surface area contributed by atoms with E-state index in [1.54, 1.807) is 35.2 Å². The number of hydrogen-bond donors (Lipinski definition) is 4. The molecule has 0 aliphatic carbocycles. The number of nitrogens with zero attached hydrogens (tertiary/aromatic N) is 1. The number of rotatable bonds is 6. The minimum Gasteiger partial charge on any atom is -0.475 e. The number of carboxylic acids is 1. The van der Waals surface area contributed by atoms with Gasteiger partial charge in [0.1, 0.15) is 11.9 Å². The van der Waals surface area contributed by atoms with Crippen molar-refractivity contribution in [2.45, 2.75) is 37.0 Å². The highest BCUT2D eigenvalue weighted by Crippen LogP contribution is 2.19. The molecule has 34 heavy (non-hydrogen) atoms. The Kier molecular flexibility index (Phi) is 8.40. The second-order valence-electron chi connectivity index (χ2n) is 7.45. The number of carbonyl (C=O) groups is 2. The van der Waals surface area contributed by atoms with Crippen LogP contribution in [0, 0.1) is 12.3 Å². The van der Waals surface area contributed by atoms with Crippen LogP contribution >= 0.6 is 0 Å². The first-order valence-corrected chi connectivity index (χ1v) is 11.3. The van der Waals surface area contributed by atoms with Crippen LogP contribution in [-0.2, 0) is 26.2 Å². The van der Waals surface area contributed by atoms with Crippen LogP contribution in [0.15, 0.2) is 53.4 Å². The monoisotopic (exact) mass is 500 g/mol. The maximum atomic E-state index is 12.6. The first-order chi connectivity index (χ1) is 15.7. The van der Waals surface area contributed by atoms with E-state index in [-0.39, 0.29) is 16.6 Å². The van der Waals surface area contributed by atoms with Crippen molar-refractivity contribution in [1.82, 2.24) is 9.62 Å². The zero-order chi connectivity index (χ0) is 25.7. The third-order valence-corrected chi connectivity index (χ3v) is 6.27. The summed E-state index contributed by atoms with van der Waals surface area (Å²) in [5.74, 6) is -3.04. The standard InChI is InChI=1S/C19H22N4O3S.C2HF3O2/c1-13-5-7-16(8-6-13)27(25,26)22-17-9-10-23(19(17)24)12-14-3-2-4-15(11-14)18(20)21;3-2(4,5)1(6)7/h2-8,11,17,22H,9-10,12H2,1H3,(H3,20,21);(H,6,7). The van der Waals surface area contributed by atoms with Gasteiger partial charge in [-0.25, -0.2) is 13.2 Å². The molecule has 0 bridgehead atoms. The third-order valence-electron chi connectivity index (χ3n) is 4.78. The number of carbonyl (C=O) groups excluding carboxylic acids is 1. The smallest absolute Gasteiger partial charge is 0.475 e. The van der Waals surface area contributed by atoms with E-state index < -0.39 is 28.2 Å². The first kappa shape index (κ1) is 26.8. The molecule has 9 nitrogen and oxygen atoms in total. The largest absolute Gasteiger partial charge is 0.490 e. The summed E-state index contributed by atoms with van der Waals surface area (Å²) in [5, 5.41) is 14.6. The van der Waals surface area contributed by atoms with Crippen LogP contribution in [0.5, 0.6) is 0 Å². The summed E-state index contributed by atoms with van der Waals surface area (Å²) in [5.41, 5.74) is 7.90. The number of benzene rings is 2. The van der Waals surface area contributed by atoms with Gasteiger partial charge in [-0.3, -0.25) is 10.2 Å². The first-order valence-electron chi connectivity index (χ1n) is 9.82. The van der Waals surface area contributed by atoms with Crippen LogP contribution < -0.4 is 10.5 Å². The fraction of sp³-hybridized carbons (Fsp3) is 0.286. The van der Waals surface area contributed by atoms with E-state index in [0.29, 0.717) is 25.1 Å². The Balaban J connectivity index is 0.000000509. The number of sulfonamides is 1. The van der Waals surface area contributed by atoms with E-state index in [4.69, 9.17) is 21.0 Å². The van der Waals surface area contributed by atoms with E-state index >= 15 is 0 Å². The number of nitrogen functional groups attached to an aromatic ring is 1. The van der Waals surface area contributed by atoms with Gasteiger partial charge in [-0.2, -0.15) is 17.9 Å². The molecule has 13 heteroatoms. The average molecular weight is 500 g/mol. The molecule has 2 aromatic carbocycles. The van der Waals surface area contributed by atoms with Gasteiger partial charge in [0, 0.05) is 18.7 Å². The van der Waals surface area contributed by atoms with Gasteiger partial charge < -0.3 is 15.7 Å². The molecule has 1 amide bonds. The van der Waals surface area contributed by atoms with E-state index in [1.165, 1.54) is 12.1 Å². The van der Waals surface area contributed by atoms with Crippen LogP contribution in [0.3, 0.4) is 0 Å². The Bertz CT molecular complexity index is 1170. The van der Waals surface area contributed by atoms with Gasteiger partial charge in [0.2, 0.25) is 15.9 Å². The number of amides is 1. The Morgan fingerprint density at radius 1 is 1.24 bits per heavy atom. The van der Waals surface area contributed by atoms with Gasteiger partial charge in [0.15, 0.2) is 0 Å². The molecule has 1 heterocycles. The number of aliphatic carboxylic acids is 1. The van der Waals surface area contributed by atoms with E-state index in [1.807, 2.05) is 13.0 Å². The van der Waals surface area contributed by atoms with Crippen LogP contribution in [-0.4, -0.2) is 54.9 Å². The maximum absolute atomic E-state index is 12.6. The van der Waals surface area contributed by atoms with Crippen molar-refractivity contribution in [2.75, 3.05) is 6.54 Å². The molecule has 5 N–H and O–H groups in total. The molecule has 1 fully saturated rings. The second-order valence-corrected chi connectivity index (χ2v) is 9.17. The number of hydrogen-bond acceptors (Lipinski definition) is 5. The molecule has 0 saturated carbocycles. The second kappa shape index (κ2) is 10.7. The molecule has 3 rings (SSSR count). The SMILES string of the molecule is Cc1ccc(S(=O)(=O)NC2CCN(Cc3cccc(C(=N)N)c3)C2=O)cc1.O=C(O)C(F)(F)F. The van der Waals surface area contributed by atoms with Gasteiger partial charge in [0.05, 0.1) is 4.90 Å². The van der Waals surface area contributed by atoms with Crippen molar-refractivity contribution < 1.29 is 36.3 Å². The lowest BCUT2D eigenvalue weighted by molar-refractivity contribution is -0.192. The summed E-state index contributed by atoms with van der Waals surface area (Å²) in [6, 6.07) is 12.9. The maximum Gasteiger partial charge on any atom is 0.490 e. The van der Waals surface area contributed by atoms with E-state index in [0.717, 1.165) is 11.1 Å². The molecule has 184 valence electrons. The fourth-order valence-electron chi connectivity index (χ4n) is 3.04. The predicted octanol–water partition coefficient (Wildman–Crippen LogP) is 1.99. The van der Waals surface area contributed by atoms with Crippen molar-refractivity contribution in [3.63, 3.8) is 0 Å². The molecule has 1 atom stereocenters. The molecular formula is C21H23F3N4O5S. The molecule has 0 radical (unpaired) electrons. The highest BCUT2D eigenvalue weighted by atomic mass is 32.2. The summed E-state index contributed by atoms with van der Waals surface area (Å²) in [6.45, 7) is 2.69. The molecule has 2 aromatic rings. The molecule has 1 aliphatic heterocycles. The lowest BCUT2D eigenvalue weighted by Crippen LogP contribution is -2.41. The summed E-state index contributed by atoms with van der Waals surface area (Å²) >= 11 is 0. The quantitative estimate of drug-likeness (QED) is 0.351. The molecule has 1 aliphatic rings. The Morgan fingerprint density at radius 2 is 1.82 bits per heavy atom. The lowest BCUT2D eigenvalue weighted by atomic mass is 10.1. The van der Waals surface area contributed by atoms with Gasteiger partial charge in [0.25, 0.3) is 0 Å². The number of alkyl halides is 3. The summed E-state index contributed by atoms with van der Waals surface area (Å²) in [7, 11) is -3.75. The number of aryl methyl sites for hydroxylation is 1. The molecular weight excluding hydrogens is 477 g/mol. The minimum absolute atomic E-state index is 0.0340. The minimum atomic E-state index is -5.08. The zero-order valence-corrected chi connectivity index (χ0v) is 18.8. The fourth-order valence-corrected chi connectivity index (χ4v) is 4.26. The Morgan fingerprint density at radius 3 is 2.35 bits per heavy atom. The van der Waals surface area contributed by atoms with Gasteiger partial charge >= 0.3 is 12.1 Å². The van der Waals surface area contributed by atoms with Gasteiger partial charge in [-0.1, -0.05) is 35.9 Å². The van der Waals surface area contributed by atoms with Crippen molar-refractivity contribution in [1.29, 1.82) is 5.41 Å². The number of carboxylic acid groups (broad SMARTS) is 1. The average Bonchev–Trinajstić information content (AvgIpc) is 3.07. The number of likely N-dealkylation sites (tertiary alicyclic amines) is 1. The van der Waals surface area contributed by atoms with Crippen molar-refractivity contribution in [3.05, 3.63) is 65.2 Å².